The van der Waals surface area contributed by atoms with Gasteiger partial charge in [-0.15, -0.1) is 6.42 Å². The normalized spacial score (nSPS) is 12.6. The highest BCUT2D eigenvalue weighted by molar-refractivity contribution is 7.89. The van der Waals surface area contributed by atoms with Gasteiger partial charge in [-0.2, -0.15) is 0 Å². The highest BCUT2D eigenvalue weighted by atomic mass is 32.2. The molecule has 1 aromatic carbocycles. The standard InChI is InChI=1S/C11H11FN2O3S/c1-3-7(2)14-11(15)9-5-4-8(6-10(9)12)18(13,16)17/h1,4-7H,2H3,(H,14,15)(H2,13,16,17). The van der Waals surface area contributed by atoms with Gasteiger partial charge < -0.3 is 5.32 Å². The minimum Gasteiger partial charge on any atom is -0.339 e. The van der Waals surface area contributed by atoms with Crippen LogP contribution in [0.1, 0.15) is 17.3 Å². The minimum atomic E-state index is -4.00. The summed E-state index contributed by atoms with van der Waals surface area (Å²) in [5.41, 5.74) is -0.301. The first-order valence-electron chi connectivity index (χ1n) is 4.85. The number of primary sulfonamides is 1. The average molecular weight is 270 g/mol. The number of hydrogen-bond acceptors (Lipinski definition) is 3. The molecule has 0 aromatic heterocycles. The Hall–Kier alpha value is -1.91. The zero-order chi connectivity index (χ0) is 13.9. The summed E-state index contributed by atoms with van der Waals surface area (Å²) in [7, 11) is -4.00. The molecule has 1 aromatic rings. The van der Waals surface area contributed by atoms with E-state index in [4.69, 9.17) is 11.6 Å². The maximum atomic E-state index is 13.6. The molecule has 0 saturated heterocycles. The predicted octanol–water partition coefficient (Wildman–Crippen LogP) is 0.225. The van der Waals surface area contributed by atoms with E-state index in [1.165, 1.54) is 0 Å². The van der Waals surface area contributed by atoms with Gasteiger partial charge >= 0.3 is 0 Å². The van der Waals surface area contributed by atoms with Crippen LogP contribution in [0.3, 0.4) is 0 Å². The number of nitrogens with one attached hydrogen (secondary N) is 1. The van der Waals surface area contributed by atoms with Gasteiger partial charge in [0.25, 0.3) is 5.91 Å². The molecule has 3 N–H and O–H groups in total. The first kappa shape index (κ1) is 14.2. The van der Waals surface area contributed by atoms with Crippen LogP contribution in [0.2, 0.25) is 0 Å². The number of halogens is 1. The van der Waals surface area contributed by atoms with Crippen molar-refractivity contribution in [2.75, 3.05) is 0 Å². The molecule has 0 spiro atoms. The summed E-state index contributed by atoms with van der Waals surface area (Å²) in [5, 5.41) is 7.18. The highest BCUT2D eigenvalue weighted by Gasteiger charge is 2.16. The van der Waals surface area contributed by atoms with Crippen LogP contribution in [0, 0.1) is 18.2 Å². The van der Waals surface area contributed by atoms with E-state index in [2.05, 4.69) is 11.2 Å². The third-order valence-electron chi connectivity index (χ3n) is 2.11. The van der Waals surface area contributed by atoms with Crippen molar-refractivity contribution in [1.29, 1.82) is 0 Å². The Kier molecular flexibility index (Phi) is 4.06. The van der Waals surface area contributed by atoms with E-state index in [1.54, 1.807) is 6.92 Å². The molecule has 5 nitrogen and oxygen atoms in total. The van der Waals surface area contributed by atoms with Crippen LogP contribution in [0.4, 0.5) is 4.39 Å². The second-order valence-corrected chi connectivity index (χ2v) is 5.11. The summed E-state index contributed by atoms with van der Waals surface area (Å²) in [4.78, 5) is 11.2. The molecule has 1 rings (SSSR count). The molecule has 1 unspecified atom stereocenters. The number of sulfonamides is 1. The van der Waals surface area contributed by atoms with E-state index < -0.39 is 32.7 Å². The van der Waals surface area contributed by atoms with Crippen LogP contribution >= 0.6 is 0 Å². The Balaban J connectivity index is 3.08. The first-order valence-corrected chi connectivity index (χ1v) is 6.39. The fraction of sp³-hybridized carbons (Fsp3) is 0.182. The molecule has 7 heteroatoms. The van der Waals surface area contributed by atoms with Crippen molar-refractivity contribution in [3.8, 4) is 12.3 Å². The maximum absolute atomic E-state index is 13.6. The summed E-state index contributed by atoms with van der Waals surface area (Å²) >= 11 is 0. The predicted molar refractivity (Wildman–Crippen MR) is 63.5 cm³/mol. The van der Waals surface area contributed by atoms with Crippen LogP contribution < -0.4 is 10.5 Å². The van der Waals surface area contributed by atoms with Gasteiger partial charge in [-0.1, -0.05) is 5.92 Å². The molecule has 18 heavy (non-hydrogen) atoms. The van der Waals surface area contributed by atoms with E-state index in [0.717, 1.165) is 12.1 Å². The quantitative estimate of drug-likeness (QED) is 0.770. The van der Waals surface area contributed by atoms with Gasteiger partial charge in [0, 0.05) is 0 Å². The largest absolute Gasteiger partial charge is 0.339 e. The molecule has 0 heterocycles. The number of benzene rings is 1. The molecular weight excluding hydrogens is 259 g/mol. The SMILES string of the molecule is C#CC(C)NC(=O)c1ccc(S(N)(=O)=O)cc1F. The topological polar surface area (TPSA) is 89.3 Å². The van der Waals surface area contributed by atoms with E-state index in [9.17, 15) is 17.6 Å². The second kappa shape index (κ2) is 5.16. The highest BCUT2D eigenvalue weighted by Crippen LogP contribution is 2.13. The van der Waals surface area contributed by atoms with Gasteiger partial charge in [-0.3, -0.25) is 4.79 Å². The average Bonchev–Trinajstić information content (AvgIpc) is 2.27. The monoisotopic (exact) mass is 270 g/mol. The smallest absolute Gasteiger partial charge is 0.255 e. The van der Waals surface area contributed by atoms with E-state index in [-0.39, 0.29) is 5.56 Å². The molecular formula is C11H11FN2O3S. The summed E-state index contributed by atoms with van der Waals surface area (Å²) in [6.45, 7) is 1.55. The maximum Gasteiger partial charge on any atom is 0.255 e. The van der Waals surface area contributed by atoms with Crippen molar-refractivity contribution in [2.24, 2.45) is 5.14 Å². The van der Waals surface area contributed by atoms with Gasteiger partial charge in [-0.25, -0.2) is 17.9 Å². The Morgan fingerprint density at radius 2 is 2.17 bits per heavy atom. The van der Waals surface area contributed by atoms with Crippen molar-refractivity contribution in [1.82, 2.24) is 5.32 Å². The van der Waals surface area contributed by atoms with Crippen LogP contribution in [0.25, 0.3) is 0 Å². The van der Waals surface area contributed by atoms with E-state index in [1.807, 2.05) is 0 Å². The minimum absolute atomic E-state index is 0.301. The molecule has 0 saturated carbocycles. The van der Waals surface area contributed by atoms with Crippen molar-refractivity contribution in [3.63, 3.8) is 0 Å². The van der Waals surface area contributed by atoms with Crippen LogP contribution in [0.15, 0.2) is 23.1 Å². The first-order chi connectivity index (χ1) is 8.25. The van der Waals surface area contributed by atoms with Crippen LogP contribution in [0.5, 0.6) is 0 Å². The molecule has 1 amide bonds. The third kappa shape index (κ3) is 3.29. The Morgan fingerprint density at radius 1 is 1.56 bits per heavy atom. The fourth-order valence-electron chi connectivity index (χ4n) is 1.17. The fourth-order valence-corrected chi connectivity index (χ4v) is 1.70. The van der Waals surface area contributed by atoms with Gasteiger partial charge in [0.15, 0.2) is 0 Å². The van der Waals surface area contributed by atoms with Crippen molar-refractivity contribution < 1.29 is 17.6 Å². The van der Waals surface area contributed by atoms with Crippen molar-refractivity contribution >= 4 is 15.9 Å². The number of carbonyl (C=O) groups is 1. The van der Waals surface area contributed by atoms with Crippen LogP contribution in [-0.4, -0.2) is 20.4 Å². The zero-order valence-corrected chi connectivity index (χ0v) is 10.3. The zero-order valence-electron chi connectivity index (χ0n) is 9.48. The lowest BCUT2D eigenvalue weighted by Gasteiger charge is -2.09. The lowest BCUT2D eigenvalue weighted by Crippen LogP contribution is -2.32. The number of terminal acetylenes is 1. The lowest BCUT2D eigenvalue weighted by atomic mass is 10.2. The summed E-state index contributed by atoms with van der Waals surface area (Å²) in [5.74, 6) is 0.544. The lowest BCUT2D eigenvalue weighted by molar-refractivity contribution is 0.0944. The second-order valence-electron chi connectivity index (χ2n) is 3.55. The Morgan fingerprint density at radius 3 is 2.61 bits per heavy atom. The number of amides is 1. The molecule has 1 atom stereocenters. The number of rotatable bonds is 3. The van der Waals surface area contributed by atoms with Crippen molar-refractivity contribution in [2.45, 2.75) is 17.9 Å². The molecule has 0 fully saturated rings. The number of hydrogen-bond donors (Lipinski definition) is 2. The summed E-state index contributed by atoms with van der Waals surface area (Å²) in [6, 6.07) is 2.21. The number of nitrogens with two attached hydrogens (primary N) is 1. The number of carbonyl (C=O) groups excluding carboxylic acids is 1. The third-order valence-corrected chi connectivity index (χ3v) is 3.02. The van der Waals surface area contributed by atoms with Gasteiger partial charge in [-0.05, 0) is 25.1 Å². The molecule has 0 bridgehead atoms. The van der Waals surface area contributed by atoms with Gasteiger partial charge in [0.1, 0.15) is 5.82 Å². The van der Waals surface area contributed by atoms with E-state index >= 15 is 0 Å². The van der Waals surface area contributed by atoms with Crippen LogP contribution in [-0.2, 0) is 10.0 Å². The molecule has 0 radical (unpaired) electrons. The van der Waals surface area contributed by atoms with Gasteiger partial charge in [0.05, 0.1) is 16.5 Å². The van der Waals surface area contributed by atoms with E-state index in [0.29, 0.717) is 6.07 Å². The molecule has 96 valence electrons. The molecule has 0 aliphatic heterocycles. The Labute approximate surface area is 104 Å². The summed E-state index contributed by atoms with van der Waals surface area (Å²) < 4.78 is 35.5. The Bertz CT molecular complexity index is 620. The van der Waals surface area contributed by atoms with Gasteiger partial charge in [0.2, 0.25) is 10.0 Å². The summed E-state index contributed by atoms with van der Waals surface area (Å²) in [6.07, 6.45) is 5.06. The van der Waals surface area contributed by atoms with Crippen molar-refractivity contribution in [3.05, 3.63) is 29.6 Å². The molecule has 0 aliphatic rings. The molecule has 0 aliphatic carbocycles.